The topological polar surface area (TPSA) is 97.2 Å². The number of carboxylic acids is 1. The third kappa shape index (κ3) is 3.36. The van der Waals surface area contributed by atoms with Crippen molar-refractivity contribution in [1.82, 2.24) is 14.8 Å². The molecule has 1 atom stereocenters. The Morgan fingerprint density at radius 3 is 3.11 bits per heavy atom. The van der Waals surface area contributed by atoms with Crippen LogP contribution in [0.1, 0.15) is 19.3 Å². The first-order chi connectivity index (χ1) is 8.66. The minimum Gasteiger partial charge on any atom is -0.481 e. The first-order valence-corrected chi connectivity index (χ1v) is 6.77. The zero-order chi connectivity index (χ0) is 13.0. The summed E-state index contributed by atoms with van der Waals surface area (Å²) < 4.78 is 7.01. The molecule has 0 radical (unpaired) electrons. The van der Waals surface area contributed by atoms with E-state index in [2.05, 4.69) is 10.2 Å². The zero-order valence-corrected chi connectivity index (χ0v) is 10.6. The minimum atomic E-state index is -0.934. The standard InChI is InChI=1S/C10H15N3O4S/c14-8(15)6-18-10-12-11-9(16)13(10)5-7-3-1-2-4-17-7/h7H,1-6H2,(H,11,16)(H,14,15). The van der Waals surface area contributed by atoms with Crippen molar-refractivity contribution in [3.8, 4) is 0 Å². The molecular weight excluding hydrogens is 258 g/mol. The van der Waals surface area contributed by atoms with Crippen LogP contribution in [-0.4, -0.2) is 44.3 Å². The number of rotatable bonds is 5. The van der Waals surface area contributed by atoms with Crippen LogP contribution in [0.15, 0.2) is 9.95 Å². The maximum atomic E-state index is 11.6. The summed E-state index contributed by atoms with van der Waals surface area (Å²) in [7, 11) is 0. The normalized spacial score (nSPS) is 19.9. The summed E-state index contributed by atoms with van der Waals surface area (Å²) in [4.78, 5) is 22.1. The van der Waals surface area contributed by atoms with Crippen molar-refractivity contribution in [3.63, 3.8) is 0 Å². The number of ether oxygens (including phenoxy) is 1. The number of hydrogen-bond donors (Lipinski definition) is 2. The number of carboxylic acid groups (broad SMARTS) is 1. The van der Waals surface area contributed by atoms with Crippen LogP contribution in [0.25, 0.3) is 0 Å². The molecule has 2 N–H and O–H groups in total. The molecule has 1 aromatic heterocycles. The molecular formula is C10H15N3O4S. The number of aromatic nitrogens is 3. The van der Waals surface area contributed by atoms with Crippen molar-refractivity contribution in [2.45, 2.75) is 37.1 Å². The smallest absolute Gasteiger partial charge is 0.344 e. The average Bonchev–Trinajstić information content (AvgIpc) is 2.70. The van der Waals surface area contributed by atoms with Crippen LogP contribution in [-0.2, 0) is 16.1 Å². The molecule has 1 aliphatic rings. The summed E-state index contributed by atoms with van der Waals surface area (Å²) in [5.74, 6) is -1.05. The predicted molar refractivity (Wildman–Crippen MR) is 64.8 cm³/mol. The van der Waals surface area contributed by atoms with Gasteiger partial charge in [0.25, 0.3) is 0 Å². The van der Waals surface area contributed by atoms with Gasteiger partial charge in [-0.15, -0.1) is 5.10 Å². The Bertz CT molecular complexity index is 464. The first kappa shape index (κ1) is 13.2. The maximum Gasteiger partial charge on any atom is 0.344 e. The Kier molecular flexibility index (Phi) is 4.43. The van der Waals surface area contributed by atoms with Gasteiger partial charge in [0.2, 0.25) is 0 Å². The number of nitrogens with zero attached hydrogens (tertiary/aromatic N) is 2. The molecule has 7 nitrogen and oxygen atoms in total. The molecule has 18 heavy (non-hydrogen) atoms. The van der Waals surface area contributed by atoms with Gasteiger partial charge in [-0.2, -0.15) is 0 Å². The summed E-state index contributed by atoms with van der Waals surface area (Å²) >= 11 is 1.03. The quantitative estimate of drug-likeness (QED) is 0.750. The average molecular weight is 273 g/mol. The highest BCUT2D eigenvalue weighted by molar-refractivity contribution is 7.99. The molecule has 100 valence electrons. The van der Waals surface area contributed by atoms with Gasteiger partial charge in [-0.25, -0.2) is 9.89 Å². The Morgan fingerprint density at radius 2 is 2.44 bits per heavy atom. The number of nitrogens with one attached hydrogen (secondary N) is 1. The molecule has 1 aromatic rings. The molecule has 2 rings (SSSR count). The van der Waals surface area contributed by atoms with Crippen molar-refractivity contribution in [2.75, 3.05) is 12.4 Å². The van der Waals surface area contributed by atoms with Gasteiger partial charge in [0.05, 0.1) is 18.4 Å². The van der Waals surface area contributed by atoms with E-state index in [-0.39, 0.29) is 17.5 Å². The lowest BCUT2D eigenvalue weighted by molar-refractivity contribution is -0.133. The molecule has 1 unspecified atom stereocenters. The van der Waals surface area contributed by atoms with E-state index in [0.29, 0.717) is 11.7 Å². The van der Waals surface area contributed by atoms with Crippen molar-refractivity contribution in [3.05, 3.63) is 10.5 Å². The van der Waals surface area contributed by atoms with Crippen LogP contribution in [0.5, 0.6) is 0 Å². The maximum absolute atomic E-state index is 11.6. The van der Waals surface area contributed by atoms with Gasteiger partial charge in [0.1, 0.15) is 0 Å². The third-order valence-electron chi connectivity index (χ3n) is 2.71. The Labute approximate surface area is 108 Å². The van der Waals surface area contributed by atoms with Crippen molar-refractivity contribution in [1.29, 1.82) is 0 Å². The van der Waals surface area contributed by atoms with Gasteiger partial charge in [-0.1, -0.05) is 11.8 Å². The molecule has 0 bridgehead atoms. The summed E-state index contributed by atoms with van der Waals surface area (Å²) in [6.07, 6.45) is 3.07. The van der Waals surface area contributed by atoms with Crippen LogP contribution < -0.4 is 5.69 Å². The summed E-state index contributed by atoms with van der Waals surface area (Å²) in [5.41, 5.74) is -0.322. The van der Waals surface area contributed by atoms with E-state index in [1.807, 2.05) is 0 Å². The monoisotopic (exact) mass is 273 g/mol. The first-order valence-electron chi connectivity index (χ1n) is 5.78. The Morgan fingerprint density at radius 1 is 1.61 bits per heavy atom. The number of aromatic amines is 1. The lowest BCUT2D eigenvalue weighted by Gasteiger charge is -2.22. The summed E-state index contributed by atoms with van der Waals surface area (Å²) in [5, 5.41) is 15.2. The van der Waals surface area contributed by atoms with Gasteiger partial charge in [-0.3, -0.25) is 9.36 Å². The fraction of sp³-hybridized carbons (Fsp3) is 0.700. The van der Waals surface area contributed by atoms with E-state index in [1.54, 1.807) is 0 Å². The molecule has 2 heterocycles. The summed E-state index contributed by atoms with van der Waals surface area (Å²) in [6.45, 7) is 1.14. The molecule has 0 aliphatic carbocycles. The number of aliphatic carboxylic acids is 1. The lowest BCUT2D eigenvalue weighted by Crippen LogP contribution is -2.29. The van der Waals surface area contributed by atoms with Crippen molar-refractivity contribution < 1.29 is 14.6 Å². The van der Waals surface area contributed by atoms with Crippen LogP contribution in [0.4, 0.5) is 0 Å². The Balaban J connectivity index is 2.03. The SMILES string of the molecule is O=C(O)CSc1n[nH]c(=O)n1CC1CCCCO1. The largest absolute Gasteiger partial charge is 0.481 e. The highest BCUT2D eigenvalue weighted by Gasteiger charge is 2.18. The van der Waals surface area contributed by atoms with E-state index < -0.39 is 5.97 Å². The third-order valence-corrected chi connectivity index (χ3v) is 3.67. The molecule has 8 heteroatoms. The molecule has 0 spiro atoms. The number of carbonyl (C=O) groups is 1. The van der Waals surface area contributed by atoms with Crippen molar-refractivity contribution >= 4 is 17.7 Å². The summed E-state index contributed by atoms with van der Waals surface area (Å²) in [6, 6.07) is 0. The molecule has 1 aliphatic heterocycles. The Hall–Kier alpha value is -1.28. The number of H-pyrrole nitrogens is 1. The predicted octanol–water partition coefficient (Wildman–Crippen LogP) is 0.317. The van der Waals surface area contributed by atoms with Gasteiger partial charge < -0.3 is 9.84 Å². The number of thioether (sulfide) groups is 1. The van der Waals surface area contributed by atoms with E-state index in [0.717, 1.165) is 37.6 Å². The second kappa shape index (κ2) is 6.05. The van der Waals surface area contributed by atoms with Crippen LogP contribution in [0.3, 0.4) is 0 Å². The van der Waals surface area contributed by atoms with E-state index in [4.69, 9.17) is 9.84 Å². The van der Waals surface area contributed by atoms with Crippen LogP contribution in [0, 0.1) is 0 Å². The van der Waals surface area contributed by atoms with E-state index in [1.165, 1.54) is 4.57 Å². The fourth-order valence-electron chi connectivity index (χ4n) is 1.86. The van der Waals surface area contributed by atoms with Crippen LogP contribution in [0.2, 0.25) is 0 Å². The highest BCUT2D eigenvalue weighted by atomic mass is 32.2. The molecule has 1 fully saturated rings. The molecule has 0 aromatic carbocycles. The van der Waals surface area contributed by atoms with Gasteiger partial charge >= 0.3 is 11.7 Å². The molecule has 0 saturated carbocycles. The second-order valence-corrected chi connectivity index (χ2v) is 5.04. The molecule has 0 amide bonds. The minimum absolute atomic E-state index is 0.0122. The van der Waals surface area contributed by atoms with Gasteiger partial charge in [0, 0.05) is 6.61 Å². The van der Waals surface area contributed by atoms with E-state index in [9.17, 15) is 9.59 Å². The van der Waals surface area contributed by atoms with Crippen LogP contribution >= 0.6 is 11.8 Å². The molecule has 1 saturated heterocycles. The van der Waals surface area contributed by atoms with Gasteiger partial charge in [0.15, 0.2) is 5.16 Å². The van der Waals surface area contributed by atoms with Gasteiger partial charge in [-0.05, 0) is 19.3 Å². The lowest BCUT2D eigenvalue weighted by atomic mass is 10.1. The highest BCUT2D eigenvalue weighted by Crippen LogP contribution is 2.17. The van der Waals surface area contributed by atoms with E-state index >= 15 is 0 Å². The number of hydrogen-bond acceptors (Lipinski definition) is 5. The second-order valence-electron chi connectivity index (χ2n) is 4.09. The zero-order valence-electron chi connectivity index (χ0n) is 9.79. The van der Waals surface area contributed by atoms with Crippen molar-refractivity contribution in [2.24, 2.45) is 0 Å². The fourth-order valence-corrected chi connectivity index (χ4v) is 2.53.